The van der Waals surface area contributed by atoms with Gasteiger partial charge in [-0.15, -0.1) is 0 Å². The van der Waals surface area contributed by atoms with Crippen LogP contribution in [0.1, 0.15) is 6.42 Å². The van der Waals surface area contributed by atoms with E-state index in [0.717, 1.165) is 31.0 Å². The Morgan fingerprint density at radius 2 is 2.23 bits per heavy atom. The zero-order chi connectivity index (χ0) is 9.10. The summed E-state index contributed by atoms with van der Waals surface area (Å²) in [5.41, 5.74) is 6.28. The third-order valence-electron chi connectivity index (χ3n) is 2.15. The summed E-state index contributed by atoms with van der Waals surface area (Å²) in [5, 5.41) is 0. The molecule has 0 bridgehead atoms. The minimum Gasteiger partial charge on any atom is -0.397 e. The van der Waals surface area contributed by atoms with Gasteiger partial charge in [0, 0.05) is 13.1 Å². The molecule has 1 aromatic rings. The van der Waals surface area contributed by atoms with Gasteiger partial charge in [0.2, 0.25) is 0 Å². The smallest absolute Gasteiger partial charge is 0.128 e. The summed E-state index contributed by atoms with van der Waals surface area (Å²) in [4.78, 5) is 6.50. The Morgan fingerprint density at radius 1 is 1.31 bits per heavy atom. The van der Waals surface area contributed by atoms with Crippen LogP contribution in [0.25, 0.3) is 0 Å². The first kappa shape index (κ1) is 8.10. The third kappa shape index (κ3) is 1.80. The number of nitrogens with two attached hydrogens (primary N) is 1. The highest BCUT2D eigenvalue weighted by Gasteiger charge is 2.07. The largest absolute Gasteiger partial charge is 0.397 e. The molecule has 1 aliphatic rings. The van der Waals surface area contributed by atoms with E-state index in [4.69, 9.17) is 5.73 Å². The lowest BCUT2D eigenvalue weighted by Gasteiger charge is -2.24. The summed E-state index contributed by atoms with van der Waals surface area (Å²) >= 11 is 0. The Balaban J connectivity index is 2.15. The van der Waals surface area contributed by atoms with Crippen LogP contribution < -0.4 is 10.6 Å². The zero-order valence-corrected chi connectivity index (χ0v) is 7.48. The Morgan fingerprint density at radius 3 is 2.85 bits per heavy atom. The Bertz CT molecular complexity index is 302. The van der Waals surface area contributed by atoms with E-state index in [-0.39, 0.29) is 0 Å². The number of nitrogens with zero attached hydrogens (tertiary/aromatic N) is 2. The molecule has 0 unspecified atom stereocenters. The summed E-state index contributed by atoms with van der Waals surface area (Å²) in [5.74, 6) is 1.01. The molecule has 0 fully saturated rings. The molecule has 0 saturated heterocycles. The molecule has 1 aliphatic heterocycles. The molecule has 2 rings (SSSR count). The van der Waals surface area contributed by atoms with E-state index in [2.05, 4.69) is 22.0 Å². The van der Waals surface area contributed by atoms with Gasteiger partial charge in [-0.3, -0.25) is 0 Å². The molecule has 1 aromatic heterocycles. The number of nitrogen functional groups attached to an aromatic ring is 1. The number of pyridine rings is 1. The van der Waals surface area contributed by atoms with Crippen molar-refractivity contribution in [1.82, 2.24) is 4.98 Å². The van der Waals surface area contributed by atoms with Crippen LogP contribution in [0.15, 0.2) is 30.5 Å². The first-order chi connectivity index (χ1) is 6.36. The highest BCUT2D eigenvalue weighted by atomic mass is 15.2. The van der Waals surface area contributed by atoms with Gasteiger partial charge in [-0.05, 0) is 18.6 Å². The van der Waals surface area contributed by atoms with Crippen LogP contribution in [0.5, 0.6) is 0 Å². The highest BCUT2D eigenvalue weighted by Crippen LogP contribution is 2.14. The van der Waals surface area contributed by atoms with Crippen LogP contribution in [-0.2, 0) is 0 Å². The lowest BCUT2D eigenvalue weighted by molar-refractivity contribution is 0.806. The molecule has 0 saturated carbocycles. The van der Waals surface area contributed by atoms with Crippen molar-refractivity contribution in [3.8, 4) is 0 Å². The molecule has 68 valence electrons. The number of rotatable bonds is 1. The van der Waals surface area contributed by atoms with Gasteiger partial charge in [0.25, 0.3) is 0 Å². The van der Waals surface area contributed by atoms with Crippen molar-refractivity contribution in [3.05, 3.63) is 30.5 Å². The van der Waals surface area contributed by atoms with E-state index in [0.29, 0.717) is 0 Å². The topological polar surface area (TPSA) is 42.1 Å². The number of hydrogen-bond acceptors (Lipinski definition) is 3. The monoisotopic (exact) mass is 175 g/mol. The molecule has 0 radical (unpaired) electrons. The highest BCUT2D eigenvalue weighted by molar-refractivity contribution is 5.46. The maximum absolute atomic E-state index is 5.56. The number of anilines is 2. The van der Waals surface area contributed by atoms with Crippen molar-refractivity contribution in [2.24, 2.45) is 0 Å². The quantitative estimate of drug-likeness (QED) is 0.656. The minimum absolute atomic E-state index is 0.719. The fourth-order valence-corrected chi connectivity index (χ4v) is 1.43. The summed E-state index contributed by atoms with van der Waals surface area (Å²) in [6.07, 6.45) is 7.18. The van der Waals surface area contributed by atoms with E-state index in [1.807, 2.05) is 12.1 Å². The second-order valence-corrected chi connectivity index (χ2v) is 3.16. The molecule has 2 heterocycles. The molecule has 0 spiro atoms. The molecule has 2 N–H and O–H groups in total. The maximum Gasteiger partial charge on any atom is 0.128 e. The van der Waals surface area contributed by atoms with Crippen molar-refractivity contribution in [3.63, 3.8) is 0 Å². The lowest BCUT2D eigenvalue weighted by atomic mass is 10.2. The SMILES string of the molecule is Nc1ccc(N2CC=CCC2)nc1. The average Bonchev–Trinajstić information content (AvgIpc) is 2.20. The standard InChI is InChI=1S/C10H13N3/c11-9-4-5-10(12-8-9)13-6-2-1-3-7-13/h1-2,4-5,8H,3,6-7,11H2. The normalized spacial score (nSPS) is 16.2. The molecular formula is C10H13N3. The predicted octanol–water partition coefficient (Wildman–Crippen LogP) is 1.43. The van der Waals surface area contributed by atoms with Gasteiger partial charge in [-0.1, -0.05) is 12.2 Å². The van der Waals surface area contributed by atoms with Crippen LogP contribution >= 0.6 is 0 Å². The number of hydrogen-bond donors (Lipinski definition) is 1. The second-order valence-electron chi connectivity index (χ2n) is 3.16. The van der Waals surface area contributed by atoms with Crippen LogP contribution in [0.3, 0.4) is 0 Å². The summed E-state index contributed by atoms with van der Waals surface area (Å²) in [7, 11) is 0. The molecule has 0 aromatic carbocycles. The van der Waals surface area contributed by atoms with Crippen molar-refractivity contribution < 1.29 is 0 Å². The van der Waals surface area contributed by atoms with E-state index in [9.17, 15) is 0 Å². The van der Waals surface area contributed by atoms with E-state index < -0.39 is 0 Å². The molecule has 3 heteroatoms. The van der Waals surface area contributed by atoms with Crippen molar-refractivity contribution >= 4 is 11.5 Å². The Kier molecular flexibility index (Phi) is 2.17. The molecule has 3 nitrogen and oxygen atoms in total. The molecule has 0 aliphatic carbocycles. The summed E-state index contributed by atoms with van der Waals surface area (Å²) in [6, 6.07) is 3.86. The van der Waals surface area contributed by atoms with Crippen LogP contribution in [0.4, 0.5) is 11.5 Å². The van der Waals surface area contributed by atoms with Crippen LogP contribution in [-0.4, -0.2) is 18.1 Å². The molecule has 0 amide bonds. The van der Waals surface area contributed by atoms with Gasteiger partial charge in [0.15, 0.2) is 0 Å². The van der Waals surface area contributed by atoms with Crippen LogP contribution in [0, 0.1) is 0 Å². The van der Waals surface area contributed by atoms with Crippen LogP contribution in [0.2, 0.25) is 0 Å². The lowest BCUT2D eigenvalue weighted by Crippen LogP contribution is -2.27. The second kappa shape index (κ2) is 3.47. The summed E-state index contributed by atoms with van der Waals surface area (Å²) < 4.78 is 0. The van der Waals surface area contributed by atoms with Gasteiger partial charge in [-0.25, -0.2) is 4.98 Å². The third-order valence-corrected chi connectivity index (χ3v) is 2.15. The van der Waals surface area contributed by atoms with Gasteiger partial charge < -0.3 is 10.6 Å². The fraction of sp³-hybridized carbons (Fsp3) is 0.300. The van der Waals surface area contributed by atoms with E-state index >= 15 is 0 Å². The fourth-order valence-electron chi connectivity index (χ4n) is 1.43. The van der Waals surface area contributed by atoms with Crippen molar-refractivity contribution in [1.29, 1.82) is 0 Å². The first-order valence-electron chi connectivity index (χ1n) is 4.48. The van der Waals surface area contributed by atoms with Crippen molar-refractivity contribution in [2.45, 2.75) is 6.42 Å². The van der Waals surface area contributed by atoms with Gasteiger partial charge in [0.05, 0.1) is 11.9 Å². The minimum atomic E-state index is 0.719. The molecule has 0 atom stereocenters. The van der Waals surface area contributed by atoms with Crippen molar-refractivity contribution in [2.75, 3.05) is 23.7 Å². The van der Waals surface area contributed by atoms with Gasteiger partial charge in [-0.2, -0.15) is 0 Å². The Hall–Kier alpha value is -1.51. The van der Waals surface area contributed by atoms with Gasteiger partial charge in [0.1, 0.15) is 5.82 Å². The predicted molar refractivity (Wildman–Crippen MR) is 54.6 cm³/mol. The number of aromatic nitrogens is 1. The van der Waals surface area contributed by atoms with E-state index in [1.165, 1.54) is 0 Å². The first-order valence-corrected chi connectivity index (χ1v) is 4.48. The van der Waals surface area contributed by atoms with Gasteiger partial charge >= 0.3 is 0 Å². The molecular weight excluding hydrogens is 162 g/mol. The van der Waals surface area contributed by atoms with E-state index in [1.54, 1.807) is 6.20 Å². The molecule has 13 heavy (non-hydrogen) atoms. The average molecular weight is 175 g/mol. The maximum atomic E-state index is 5.56. The Labute approximate surface area is 77.9 Å². The zero-order valence-electron chi connectivity index (χ0n) is 7.48. The summed E-state index contributed by atoms with van der Waals surface area (Å²) in [6.45, 7) is 2.00.